The number of carbonyl (C=O) groups is 2. The first kappa shape index (κ1) is 21.3. The number of carbonyl (C=O) groups excluding carboxylic acids is 2. The van der Waals surface area contributed by atoms with Crippen LogP contribution in [0.5, 0.6) is 0 Å². The molecule has 0 saturated heterocycles. The fraction of sp³-hybridized carbons (Fsp3) is 0.143. The predicted molar refractivity (Wildman–Crippen MR) is 134 cm³/mol. The summed E-state index contributed by atoms with van der Waals surface area (Å²) in [5, 5.41) is 20.8. The Morgan fingerprint density at radius 2 is 1.31 bits per heavy atom. The van der Waals surface area contributed by atoms with E-state index in [0.717, 1.165) is 16.5 Å². The van der Waals surface area contributed by atoms with Crippen molar-refractivity contribution in [2.24, 2.45) is 0 Å². The largest absolute Gasteiger partial charge is 0.395 e. The lowest BCUT2D eigenvalue weighted by atomic mass is 9.83. The third-order valence-corrected chi connectivity index (χ3v) is 6.58. The van der Waals surface area contributed by atoms with E-state index in [1.165, 1.54) is 0 Å². The minimum absolute atomic E-state index is 0.0435. The second kappa shape index (κ2) is 8.23. The van der Waals surface area contributed by atoms with Crippen molar-refractivity contribution in [1.29, 1.82) is 0 Å². The zero-order chi connectivity index (χ0) is 24.1. The van der Waals surface area contributed by atoms with Crippen molar-refractivity contribution in [3.8, 4) is 0 Å². The van der Waals surface area contributed by atoms with E-state index in [1.807, 2.05) is 35.2 Å². The topological polar surface area (TPSA) is 104 Å². The summed E-state index contributed by atoms with van der Waals surface area (Å²) >= 11 is 0. The molecule has 2 N–H and O–H groups in total. The molecule has 0 bridgehead atoms. The van der Waals surface area contributed by atoms with Gasteiger partial charge in [0.2, 0.25) is 0 Å². The molecule has 1 aliphatic carbocycles. The van der Waals surface area contributed by atoms with Gasteiger partial charge in [-0.15, -0.1) is 0 Å². The van der Waals surface area contributed by atoms with Gasteiger partial charge in [0.05, 0.1) is 35.3 Å². The number of aliphatic hydroxyl groups excluding tert-OH is 2. The van der Waals surface area contributed by atoms with Crippen LogP contribution in [0.15, 0.2) is 66.7 Å². The van der Waals surface area contributed by atoms with Gasteiger partial charge in [0.15, 0.2) is 11.6 Å². The molecule has 0 spiro atoms. The number of rotatable bonds is 5. The van der Waals surface area contributed by atoms with E-state index >= 15 is 0 Å². The van der Waals surface area contributed by atoms with Crippen LogP contribution in [0.25, 0.3) is 32.8 Å². The molecule has 1 aromatic heterocycles. The van der Waals surface area contributed by atoms with Crippen LogP contribution in [0, 0.1) is 0 Å². The van der Waals surface area contributed by atoms with Crippen LogP contribution in [0.2, 0.25) is 0 Å². The Morgan fingerprint density at radius 1 is 0.629 bits per heavy atom. The lowest BCUT2D eigenvalue weighted by Gasteiger charge is -2.24. The summed E-state index contributed by atoms with van der Waals surface area (Å²) in [4.78, 5) is 38.3. The maximum absolute atomic E-state index is 13.5. The molecule has 35 heavy (non-hydrogen) atoms. The Hall–Kier alpha value is -4.20. The summed E-state index contributed by atoms with van der Waals surface area (Å²) in [6, 6.07) is 19.9. The van der Waals surface area contributed by atoms with Crippen molar-refractivity contribution in [3.63, 3.8) is 0 Å². The van der Waals surface area contributed by atoms with Crippen LogP contribution in [-0.4, -0.2) is 58.1 Å². The summed E-state index contributed by atoms with van der Waals surface area (Å²) in [7, 11) is 0. The van der Waals surface area contributed by atoms with Crippen LogP contribution in [0.3, 0.4) is 0 Å². The standard InChI is InChI=1S/C28H21N3O4/c32-14-12-31(13-15-33)23-7-3-6-17-16(23)8-10-21-25(17)30-26-22(29-21)11-9-20-24(26)28(35)19-5-2-1-4-18(19)27(20)34/h1-11,32-33H,12-15H2. The second-order valence-electron chi connectivity index (χ2n) is 8.52. The van der Waals surface area contributed by atoms with Gasteiger partial charge in [-0.1, -0.05) is 36.4 Å². The van der Waals surface area contributed by atoms with Gasteiger partial charge in [-0.3, -0.25) is 9.59 Å². The molecule has 7 heteroatoms. The number of ketones is 2. The van der Waals surface area contributed by atoms with Crippen molar-refractivity contribution in [1.82, 2.24) is 9.97 Å². The van der Waals surface area contributed by atoms with E-state index in [2.05, 4.69) is 0 Å². The molecule has 0 unspecified atom stereocenters. The second-order valence-corrected chi connectivity index (χ2v) is 8.52. The van der Waals surface area contributed by atoms with E-state index in [0.29, 0.717) is 51.8 Å². The fourth-order valence-electron chi connectivity index (χ4n) is 4.99. The summed E-state index contributed by atoms with van der Waals surface area (Å²) in [5.74, 6) is -0.421. The quantitative estimate of drug-likeness (QED) is 0.298. The van der Waals surface area contributed by atoms with Crippen molar-refractivity contribution in [2.75, 3.05) is 31.2 Å². The van der Waals surface area contributed by atoms with Crippen molar-refractivity contribution in [2.45, 2.75) is 0 Å². The zero-order valence-electron chi connectivity index (χ0n) is 18.7. The summed E-state index contributed by atoms with van der Waals surface area (Å²) in [5.41, 5.74) is 4.53. The van der Waals surface area contributed by atoms with Gasteiger partial charge in [0.25, 0.3) is 0 Å². The van der Waals surface area contributed by atoms with Gasteiger partial charge in [0.1, 0.15) is 5.52 Å². The molecule has 0 saturated carbocycles. The Labute approximate surface area is 200 Å². The van der Waals surface area contributed by atoms with E-state index in [1.54, 1.807) is 36.4 Å². The molecular formula is C28H21N3O4. The molecule has 1 heterocycles. The Kier molecular flexibility index (Phi) is 5.02. The van der Waals surface area contributed by atoms with E-state index in [4.69, 9.17) is 9.97 Å². The molecule has 0 aliphatic heterocycles. The number of aliphatic hydroxyl groups is 2. The summed E-state index contributed by atoms with van der Waals surface area (Å²) in [6.45, 7) is 0.672. The number of hydrogen-bond acceptors (Lipinski definition) is 7. The first-order valence-corrected chi connectivity index (χ1v) is 11.4. The number of aromatic nitrogens is 2. The van der Waals surface area contributed by atoms with E-state index in [9.17, 15) is 19.8 Å². The van der Waals surface area contributed by atoms with Gasteiger partial charge in [0, 0.05) is 46.2 Å². The van der Waals surface area contributed by atoms with E-state index < -0.39 is 0 Å². The molecular weight excluding hydrogens is 442 g/mol. The van der Waals surface area contributed by atoms with Gasteiger partial charge in [-0.25, -0.2) is 9.97 Å². The Bertz CT molecular complexity index is 1670. The number of anilines is 1. The Morgan fingerprint density at radius 3 is 2.06 bits per heavy atom. The average molecular weight is 463 g/mol. The highest BCUT2D eigenvalue weighted by Gasteiger charge is 2.32. The highest BCUT2D eigenvalue weighted by Crippen LogP contribution is 2.35. The minimum Gasteiger partial charge on any atom is -0.395 e. The third-order valence-electron chi connectivity index (χ3n) is 6.58. The van der Waals surface area contributed by atoms with Crippen LogP contribution >= 0.6 is 0 Å². The number of fused-ring (bicyclic) bond motifs is 7. The number of nitrogens with zero attached hydrogens (tertiary/aromatic N) is 3. The normalized spacial score (nSPS) is 12.9. The first-order chi connectivity index (χ1) is 17.1. The minimum atomic E-state index is -0.229. The molecule has 0 atom stereocenters. The monoisotopic (exact) mass is 463 g/mol. The summed E-state index contributed by atoms with van der Waals surface area (Å²) in [6.07, 6.45) is 0. The maximum Gasteiger partial charge on any atom is 0.196 e. The number of hydrogen-bond donors (Lipinski definition) is 2. The molecule has 0 amide bonds. The summed E-state index contributed by atoms with van der Waals surface area (Å²) < 4.78 is 0. The van der Waals surface area contributed by atoms with Crippen LogP contribution in [-0.2, 0) is 0 Å². The van der Waals surface area contributed by atoms with Crippen LogP contribution in [0.4, 0.5) is 5.69 Å². The lowest BCUT2D eigenvalue weighted by molar-refractivity contribution is 0.0980. The Balaban J connectivity index is 1.63. The van der Waals surface area contributed by atoms with Crippen molar-refractivity contribution < 1.29 is 19.8 Å². The van der Waals surface area contributed by atoms with Crippen LogP contribution < -0.4 is 4.90 Å². The molecule has 172 valence electrons. The van der Waals surface area contributed by atoms with E-state index in [-0.39, 0.29) is 30.3 Å². The van der Waals surface area contributed by atoms with Gasteiger partial charge < -0.3 is 15.1 Å². The third kappa shape index (κ3) is 3.20. The maximum atomic E-state index is 13.5. The number of benzene rings is 4. The van der Waals surface area contributed by atoms with Crippen molar-refractivity contribution in [3.05, 3.63) is 89.0 Å². The average Bonchev–Trinajstić information content (AvgIpc) is 2.89. The molecule has 7 nitrogen and oxygen atoms in total. The molecule has 0 radical (unpaired) electrons. The van der Waals surface area contributed by atoms with Crippen molar-refractivity contribution >= 4 is 50.1 Å². The zero-order valence-corrected chi connectivity index (χ0v) is 18.7. The molecule has 6 rings (SSSR count). The predicted octanol–water partition coefficient (Wildman–Crippen LogP) is 3.50. The van der Waals surface area contributed by atoms with Gasteiger partial charge in [-0.05, 0) is 30.3 Å². The smallest absolute Gasteiger partial charge is 0.196 e. The fourth-order valence-corrected chi connectivity index (χ4v) is 4.99. The lowest BCUT2D eigenvalue weighted by Crippen LogP contribution is -2.29. The van der Waals surface area contributed by atoms with Crippen LogP contribution in [0.1, 0.15) is 31.8 Å². The highest BCUT2D eigenvalue weighted by atomic mass is 16.3. The first-order valence-electron chi connectivity index (χ1n) is 11.4. The SMILES string of the molecule is O=C1c2ccccc2C(=O)c2c1ccc1nc3ccc4c(N(CCO)CCO)cccc4c3nc21. The highest BCUT2D eigenvalue weighted by molar-refractivity contribution is 6.31. The molecule has 1 aliphatic rings. The van der Waals surface area contributed by atoms with Gasteiger partial charge in [-0.2, -0.15) is 0 Å². The molecule has 5 aromatic rings. The van der Waals surface area contributed by atoms with Gasteiger partial charge >= 0.3 is 0 Å². The molecule has 0 fully saturated rings. The molecule has 4 aromatic carbocycles.